The van der Waals surface area contributed by atoms with Gasteiger partial charge in [0, 0.05) is 11.1 Å². The number of carbonyl (C=O) groups is 1. The van der Waals surface area contributed by atoms with Crippen molar-refractivity contribution in [1.82, 2.24) is 10.2 Å². The number of hydrogen-bond acceptors (Lipinski definition) is 5. The van der Waals surface area contributed by atoms with Gasteiger partial charge in [-0.25, -0.2) is 0 Å². The van der Waals surface area contributed by atoms with Crippen molar-refractivity contribution < 1.29 is 18.4 Å². The molecule has 6 nitrogen and oxygen atoms in total. The maximum Gasteiger partial charge on any atom is 0.277 e. The molecule has 0 bridgehead atoms. The molecule has 148 valence electrons. The summed E-state index contributed by atoms with van der Waals surface area (Å²) >= 11 is 11.3. The lowest BCUT2D eigenvalue weighted by Gasteiger charge is -2.11. The van der Waals surface area contributed by atoms with Gasteiger partial charge in [-0.05, 0) is 67.2 Å². The highest BCUT2D eigenvalue weighted by atomic mass is 35.5. The van der Waals surface area contributed by atoms with E-state index >= 15 is 0 Å². The summed E-state index contributed by atoms with van der Waals surface area (Å²) in [5.74, 6) is 2.27. The standard InChI is InChI=1S/C21H17ClN2O4S/c1-13-9-14(6-7-18(13)22)27-12-17-5-4-15(28-17)10-19-20(25)24(21(29)23-19)11-16-3-2-8-26-16/h2-10H,11-12H2,1H3,(H,23,29)/b19-10+. The molecule has 1 saturated heterocycles. The number of amides is 1. The fourth-order valence-corrected chi connectivity index (χ4v) is 3.20. The Morgan fingerprint density at radius 2 is 2.10 bits per heavy atom. The van der Waals surface area contributed by atoms with Crippen LogP contribution in [-0.4, -0.2) is 15.9 Å². The maximum absolute atomic E-state index is 12.6. The van der Waals surface area contributed by atoms with Crippen molar-refractivity contribution in [3.63, 3.8) is 0 Å². The van der Waals surface area contributed by atoms with Gasteiger partial charge in [0.05, 0.1) is 12.8 Å². The molecule has 1 aliphatic rings. The van der Waals surface area contributed by atoms with E-state index in [2.05, 4.69) is 5.32 Å². The lowest BCUT2D eigenvalue weighted by Crippen LogP contribution is -2.29. The van der Waals surface area contributed by atoms with Crippen LogP contribution < -0.4 is 10.1 Å². The molecule has 4 rings (SSSR count). The van der Waals surface area contributed by atoms with E-state index < -0.39 is 0 Å². The minimum absolute atomic E-state index is 0.239. The van der Waals surface area contributed by atoms with E-state index in [0.717, 1.165) is 5.56 Å². The Balaban J connectivity index is 1.41. The average Bonchev–Trinajstić information content (AvgIpc) is 3.42. The summed E-state index contributed by atoms with van der Waals surface area (Å²) in [4.78, 5) is 14.1. The van der Waals surface area contributed by atoms with E-state index in [9.17, 15) is 4.79 Å². The third-order valence-corrected chi connectivity index (χ3v) is 5.08. The van der Waals surface area contributed by atoms with Crippen molar-refractivity contribution >= 4 is 40.9 Å². The number of halogens is 1. The number of nitrogens with one attached hydrogen (secondary N) is 1. The second kappa shape index (κ2) is 8.14. The first-order chi connectivity index (χ1) is 14.0. The first-order valence-electron chi connectivity index (χ1n) is 8.84. The zero-order valence-corrected chi connectivity index (χ0v) is 17.0. The molecule has 8 heteroatoms. The Bertz CT molecular complexity index is 1090. The van der Waals surface area contributed by atoms with Gasteiger partial charge in [0.1, 0.15) is 35.3 Å². The monoisotopic (exact) mass is 428 g/mol. The van der Waals surface area contributed by atoms with E-state index in [0.29, 0.717) is 38.9 Å². The Labute approximate surface area is 177 Å². The van der Waals surface area contributed by atoms with E-state index in [-0.39, 0.29) is 19.1 Å². The Morgan fingerprint density at radius 1 is 1.24 bits per heavy atom. The van der Waals surface area contributed by atoms with Crippen LogP contribution in [0.2, 0.25) is 5.02 Å². The summed E-state index contributed by atoms with van der Waals surface area (Å²) in [6.07, 6.45) is 3.17. The third-order valence-electron chi connectivity index (χ3n) is 4.34. The molecule has 2 aromatic heterocycles. The van der Waals surface area contributed by atoms with Gasteiger partial charge in [-0.1, -0.05) is 11.6 Å². The summed E-state index contributed by atoms with van der Waals surface area (Å²) in [7, 11) is 0. The fraction of sp³-hybridized carbons (Fsp3) is 0.143. The first kappa shape index (κ1) is 19.3. The fourth-order valence-electron chi connectivity index (χ4n) is 2.83. The molecule has 1 aromatic carbocycles. The van der Waals surface area contributed by atoms with Gasteiger partial charge in [0.2, 0.25) is 0 Å². The van der Waals surface area contributed by atoms with Crippen LogP contribution in [0.4, 0.5) is 0 Å². The Kier molecular flexibility index (Phi) is 5.42. The van der Waals surface area contributed by atoms with Crippen molar-refractivity contribution in [2.45, 2.75) is 20.1 Å². The van der Waals surface area contributed by atoms with Crippen molar-refractivity contribution in [3.05, 3.63) is 82.3 Å². The van der Waals surface area contributed by atoms with Gasteiger partial charge in [0.15, 0.2) is 5.11 Å². The molecule has 1 amide bonds. The number of hydrogen-bond donors (Lipinski definition) is 1. The van der Waals surface area contributed by atoms with E-state index in [4.69, 9.17) is 37.4 Å². The number of nitrogens with zero attached hydrogens (tertiary/aromatic N) is 1. The molecular formula is C21H17ClN2O4S. The summed E-state index contributed by atoms with van der Waals surface area (Å²) in [5, 5.41) is 3.93. The van der Waals surface area contributed by atoms with Gasteiger partial charge in [0.25, 0.3) is 5.91 Å². The van der Waals surface area contributed by atoms with Crippen LogP contribution in [0.15, 0.2) is 63.3 Å². The van der Waals surface area contributed by atoms with Gasteiger partial charge in [-0.2, -0.15) is 0 Å². The lowest BCUT2D eigenvalue weighted by molar-refractivity contribution is -0.122. The van der Waals surface area contributed by atoms with Crippen LogP contribution in [-0.2, 0) is 17.9 Å². The molecule has 29 heavy (non-hydrogen) atoms. The molecule has 0 radical (unpaired) electrons. The molecule has 0 atom stereocenters. The number of benzene rings is 1. The van der Waals surface area contributed by atoms with Crippen LogP contribution >= 0.6 is 23.8 Å². The van der Waals surface area contributed by atoms with E-state index in [1.54, 1.807) is 48.7 Å². The zero-order chi connectivity index (χ0) is 20.4. The SMILES string of the molecule is Cc1cc(OCc2ccc(/C=C3/NC(=S)N(Cc4ccco4)C3=O)o2)ccc1Cl. The molecule has 1 N–H and O–H groups in total. The summed E-state index contributed by atoms with van der Waals surface area (Å²) in [6.45, 7) is 2.44. The minimum atomic E-state index is -0.239. The number of ether oxygens (including phenoxy) is 1. The van der Waals surface area contributed by atoms with E-state index in [1.807, 2.05) is 13.0 Å². The van der Waals surface area contributed by atoms with Crippen LogP contribution in [0.25, 0.3) is 6.08 Å². The smallest absolute Gasteiger partial charge is 0.277 e. The average molecular weight is 429 g/mol. The van der Waals surface area contributed by atoms with Crippen molar-refractivity contribution in [2.75, 3.05) is 0 Å². The Morgan fingerprint density at radius 3 is 2.86 bits per heavy atom. The second-order valence-corrected chi connectivity index (χ2v) is 7.26. The van der Waals surface area contributed by atoms with Crippen LogP contribution in [0.5, 0.6) is 5.75 Å². The van der Waals surface area contributed by atoms with Crippen molar-refractivity contribution in [1.29, 1.82) is 0 Å². The van der Waals surface area contributed by atoms with Gasteiger partial charge < -0.3 is 18.9 Å². The molecule has 3 heterocycles. The van der Waals surface area contributed by atoms with E-state index in [1.165, 1.54) is 4.90 Å². The van der Waals surface area contributed by atoms with Crippen molar-refractivity contribution in [2.24, 2.45) is 0 Å². The molecule has 1 aliphatic heterocycles. The number of thiocarbonyl (C=S) groups is 1. The normalized spacial score (nSPS) is 15.2. The summed E-state index contributed by atoms with van der Waals surface area (Å²) < 4.78 is 16.8. The minimum Gasteiger partial charge on any atom is -0.486 e. The molecule has 0 aliphatic carbocycles. The number of rotatable bonds is 6. The number of aryl methyl sites for hydroxylation is 1. The summed E-state index contributed by atoms with van der Waals surface area (Å²) in [5.41, 5.74) is 1.28. The van der Waals surface area contributed by atoms with Crippen LogP contribution in [0, 0.1) is 6.92 Å². The van der Waals surface area contributed by atoms with Crippen LogP contribution in [0.1, 0.15) is 22.8 Å². The predicted octanol–water partition coefficient (Wildman–Crippen LogP) is 4.67. The second-order valence-electron chi connectivity index (χ2n) is 6.46. The molecule has 0 spiro atoms. The number of carbonyl (C=O) groups excluding carboxylic acids is 1. The molecule has 3 aromatic rings. The highest BCUT2D eigenvalue weighted by Gasteiger charge is 2.31. The van der Waals surface area contributed by atoms with Gasteiger partial charge in [-0.3, -0.25) is 9.69 Å². The molecule has 0 unspecified atom stereocenters. The summed E-state index contributed by atoms with van der Waals surface area (Å²) in [6, 6.07) is 12.6. The lowest BCUT2D eigenvalue weighted by atomic mass is 10.2. The molecule has 1 fully saturated rings. The highest BCUT2D eigenvalue weighted by Crippen LogP contribution is 2.23. The topological polar surface area (TPSA) is 67.8 Å². The predicted molar refractivity (Wildman–Crippen MR) is 112 cm³/mol. The quantitative estimate of drug-likeness (QED) is 0.454. The first-order valence-corrected chi connectivity index (χ1v) is 9.63. The highest BCUT2D eigenvalue weighted by molar-refractivity contribution is 7.80. The van der Waals surface area contributed by atoms with Gasteiger partial charge in [-0.15, -0.1) is 0 Å². The third kappa shape index (κ3) is 4.36. The maximum atomic E-state index is 12.6. The molecule has 0 saturated carbocycles. The van der Waals surface area contributed by atoms with Crippen LogP contribution in [0.3, 0.4) is 0 Å². The Hall–Kier alpha value is -3.03. The van der Waals surface area contributed by atoms with Gasteiger partial charge >= 0.3 is 0 Å². The zero-order valence-electron chi connectivity index (χ0n) is 15.5. The number of furan rings is 2. The largest absolute Gasteiger partial charge is 0.486 e. The van der Waals surface area contributed by atoms with Crippen molar-refractivity contribution in [3.8, 4) is 5.75 Å². The molecular weight excluding hydrogens is 412 g/mol.